The van der Waals surface area contributed by atoms with Crippen LogP contribution in [0.3, 0.4) is 0 Å². The molecule has 1 saturated heterocycles. The van der Waals surface area contributed by atoms with Gasteiger partial charge in [-0.15, -0.1) is 0 Å². The number of nitrogens with one attached hydrogen (secondary N) is 1. The van der Waals surface area contributed by atoms with Gasteiger partial charge in [-0.2, -0.15) is 0 Å². The number of benzene rings is 2. The molecule has 0 unspecified atom stereocenters. The number of hydrogen-bond acceptors (Lipinski definition) is 3. The predicted molar refractivity (Wildman–Crippen MR) is 125 cm³/mol. The van der Waals surface area contributed by atoms with Gasteiger partial charge in [0.1, 0.15) is 0 Å². The lowest BCUT2D eigenvalue weighted by Gasteiger charge is -2.16. The molecule has 1 N–H and O–H groups in total. The van der Waals surface area contributed by atoms with Crippen LogP contribution in [0.5, 0.6) is 0 Å². The number of H-pyrrole nitrogens is 1. The normalized spacial score (nSPS) is 17.4. The van der Waals surface area contributed by atoms with Crippen LogP contribution in [0.4, 0.5) is 0 Å². The van der Waals surface area contributed by atoms with Crippen LogP contribution < -0.4 is 5.56 Å². The minimum absolute atomic E-state index is 0.108. The van der Waals surface area contributed by atoms with Crippen LogP contribution in [0, 0.1) is 5.41 Å². The van der Waals surface area contributed by atoms with E-state index in [2.05, 4.69) is 46.3 Å². The summed E-state index contributed by atoms with van der Waals surface area (Å²) in [5.41, 5.74) is 6.65. The Morgan fingerprint density at radius 2 is 1.74 bits per heavy atom. The molecule has 3 heterocycles. The van der Waals surface area contributed by atoms with E-state index in [9.17, 15) is 4.79 Å². The lowest BCUT2D eigenvalue weighted by atomic mass is 9.97. The van der Waals surface area contributed by atoms with Gasteiger partial charge >= 0.3 is 0 Å². The molecular formula is C27H25N3O. The van der Waals surface area contributed by atoms with Gasteiger partial charge in [0, 0.05) is 30.4 Å². The highest BCUT2D eigenvalue weighted by Gasteiger charge is 2.47. The Balaban J connectivity index is 1.38. The maximum absolute atomic E-state index is 12.4. The third kappa shape index (κ3) is 3.47. The molecule has 0 bridgehead atoms. The van der Waals surface area contributed by atoms with E-state index in [0.717, 1.165) is 28.9 Å². The molecule has 4 nitrogen and oxygen atoms in total. The number of aromatic nitrogens is 2. The lowest BCUT2D eigenvalue weighted by molar-refractivity contribution is 0.312. The van der Waals surface area contributed by atoms with Gasteiger partial charge < -0.3 is 4.98 Å². The summed E-state index contributed by atoms with van der Waals surface area (Å²) in [6.45, 7) is 3.50. The average Bonchev–Trinajstić information content (AvgIpc) is 3.45. The Hall–Kier alpha value is -3.24. The Kier molecular flexibility index (Phi) is 4.29. The molecule has 154 valence electrons. The van der Waals surface area contributed by atoms with Crippen LogP contribution in [-0.2, 0) is 6.54 Å². The van der Waals surface area contributed by atoms with Gasteiger partial charge in [0.15, 0.2) is 0 Å². The van der Waals surface area contributed by atoms with Gasteiger partial charge in [-0.1, -0.05) is 54.6 Å². The zero-order valence-electron chi connectivity index (χ0n) is 17.5. The number of likely N-dealkylation sites (tertiary alicyclic amines) is 1. The summed E-state index contributed by atoms with van der Waals surface area (Å²) in [4.78, 5) is 22.6. The molecule has 2 aromatic heterocycles. The Bertz CT molecular complexity index is 1300. The van der Waals surface area contributed by atoms with Gasteiger partial charge in [-0.3, -0.25) is 9.69 Å². The second-order valence-electron chi connectivity index (χ2n) is 9.15. The van der Waals surface area contributed by atoms with Gasteiger partial charge in [0.25, 0.3) is 5.56 Å². The first-order chi connectivity index (χ1) is 15.2. The van der Waals surface area contributed by atoms with Crippen molar-refractivity contribution in [2.24, 2.45) is 5.41 Å². The fraction of sp³-hybridized carbons (Fsp3) is 0.259. The van der Waals surface area contributed by atoms with Crippen molar-refractivity contribution in [2.75, 3.05) is 13.1 Å². The molecule has 0 amide bonds. The summed E-state index contributed by atoms with van der Waals surface area (Å²) >= 11 is 0. The third-order valence-corrected chi connectivity index (χ3v) is 6.95. The Morgan fingerprint density at radius 3 is 2.48 bits per heavy atom. The summed E-state index contributed by atoms with van der Waals surface area (Å²) in [6.07, 6.45) is 5.86. The molecule has 4 heteroatoms. The van der Waals surface area contributed by atoms with Crippen molar-refractivity contribution in [1.82, 2.24) is 14.9 Å². The molecule has 1 aliphatic heterocycles. The first-order valence-corrected chi connectivity index (χ1v) is 11.1. The molecule has 2 aliphatic rings. The first-order valence-electron chi connectivity index (χ1n) is 11.1. The van der Waals surface area contributed by atoms with Crippen LogP contribution in [0.1, 0.15) is 24.8 Å². The van der Waals surface area contributed by atoms with E-state index in [-0.39, 0.29) is 5.56 Å². The summed E-state index contributed by atoms with van der Waals surface area (Å²) in [6, 6.07) is 22.8. The second kappa shape index (κ2) is 7.17. The molecule has 6 rings (SSSR count). The largest absolute Gasteiger partial charge is 0.328 e. The van der Waals surface area contributed by atoms with E-state index in [0.29, 0.717) is 16.3 Å². The van der Waals surface area contributed by atoms with Crippen molar-refractivity contribution < 1.29 is 0 Å². The predicted octanol–water partition coefficient (Wildman–Crippen LogP) is 5.24. The topological polar surface area (TPSA) is 49.0 Å². The molecule has 4 aromatic rings. The quantitative estimate of drug-likeness (QED) is 0.503. The number of pyridine rings is 2. The van der Waals surface area contributed by atoms with Crippen molar-refractivity contribution in [3.63, 3.8) is 0 Å². The van der Waals surface area contributed by atoms with E-state index in [4.69, 9.17) is 4.98 Å². The van der Waals surface area contributed by atoms with Gasteiger partial charge in [0.05, 0.1) is 16.6 Å². The maximum Gasteiger partial charge on any atom is 0.257 e. The van der Waals surface area contributed by atoms with E-state index in [1.54, 1.807) is 6.20 Å². The summed E-state index contributed by atoms with van der Waals surface area (Å²) in [5, 5.41) is 0.616. The lowest BCUT2D eigenvalue weighted by Crippen LogP contribution is -2.20. The molecule has 1 spiro atoms. The van der Waals surface area contributed by atoms with Gasteiger partial charge in [-0.25, -0.2) is 4.98 Å². The van der Waals surface area contributed by atoms with Crippen molar-refractivity contribution in [3.8, 4) is 22.4 Å². The number of nitrogens with zero attached hydrogens (tertiary/aromatic N) is 2. The average molecular weight is 408 g/mol. The van der Waals surface area contributed by atoms with Crippen molar-refractivity contribution >= 4 is 10.9 Å². The van der Waals surface area contributed by atoms with Gasteiger partial charge in [-0.05, 0) is 54.5 Å². The summed E-state index contributed by atoms with van der Waals surface area (Å²) in [5.74, 6) is 0. The smallest absolute Gasteiger partial charge is 0.257 e. The molecule has 0 radical (unpaired) electrons. The SMILES string of the molecule is O=c1[nH]ccc2nc(-c3ccc(CN4CCC5(CC5)C4)cc3)c(-c3ccccc3)cc12. The Labute approximate surface area is 181 Å². The minimum Gasteiger partial charge on any atom is -0.328 e. The standard InChI is InChI=1S/C27H25N3O/c31-26-23-16-22(20-4-2-1-3-5-20)25(29-24(23)10-14-28-26)21-8-6-19(7-9-21)17-30-15-13-27(18-30)11-12-27/h1-10,14,16H,11-13,15,17-18H2,(H,28,31). The molecular weight excluding hydrogens is 382 g/mol. The van der Waals surface area contributed by atoms with E-state index >= 15 is 0 Å². The number of aromatic amines is 1. The van der Waals surface area contributed by atoms with Crippen molar-refractivity contribution in [2.45, 2.75) is 25.8 Å². The van der Waals surface area contributed by atoms with E-state index in [1.165, 1.54) is 37.9 Å². The molecule has 2 aromatic carbocycles. The minimum atomic E-state index is -0.108. The summed E-state index contributed by atoms with van der Waals surface area (Å²) < 4.78 is 0. The molecule has 1 aliphatic carbocycles. The maximum atomic E-state index is 12.4. The van der Waals surface area contributed by atoms with Crippen LogP contribution in [-0.4, -0.2) is 28.0 Å². The van der Waals surface area contributed by atoms with Crippen LogP contribution in [0.25, 0.3) is 33.3 Å². The van der Waals surface area contributed by atoms with Crippen LogP contribution >= 0.6 is 0 Å². The number of rotatable bonds is 4. The number of hydrogen-bond donors (Lipinski definition) is 1. The number of fused-ring (bicyclic) bond motifs is 1. The molecule has 31 heavy (non-hydrogen) atoms. The Morgan fingerprint density at radius 1 is 0.935 bits per heavy atom. The van der Waals surface area contributed by atoms with Crippen molar-refractivity contribution in [1.29, 1.82) is 0 Å². The second-order valence-corrected chi connectivity index (χ2v) is 9.15. The summed E-state index contributed by atoms with van der Waals surface area (Å²) in [7, 11) is 0. The monoisotopic (exact) mass is 407 g/mol. The fourth-order valence-electron chi connectivity index (χ4n) is 4.94. The molecule has 1 saturated carbocycles. The van der Waals surface area contributed by atoms with Crippen LogP contribution in [0.15, 0.2) is 77.7 Å². The zero-order valence-corrected chi connectivity index (χ0v) is 17.5. The first kappa shape index (κ1) is 18.5. The van der Waals surface area contributed by atoms with Crippen molar-refractivity contribution in [3.05, 3.63) is 88.8 Å². The van der Waals surface area contributed by atoms with Gasteiger partial charge in [0.2, 0.25) is 0 Å². The van der Waals surface area contributed by atoms with Crippen LogP contribution in [0.2, 0.25) is 0 Å². The fourth-order valence-corrected chi connectivity index (χ4v) is 4.94. The molecule has 0 atom stereocenters. The third-order valence-electron chi connectivity index (χ3n) is 6.95. The van der Waals surface area contributed by atoms with E-state index < -0.39 is 0 Å². The highest BCUT2D eigenvalue weighted by atomic mass is 16.1. The highest BCUT2D eigenvalue weighted by Crippen LogP contribution is 2.52. The molecule has 2 fully saturated rings. The van der Waals surface area contributed by atoms with E-state index in [1.807, 2.05) is 30.3 Å². The zero-order chi connectivity index (χ0) is 20.8. The highest BCUT2D eigenvalue weighted by molar-refractivity contribution is 5.91.